The van der Waals surface area contributed by atoms with Gasteiger partial charge >= 0.3 is 0 Å². The summed E-state index contributed by atoms with van der Waals surface area (Å²) in [6, 6.07) is 0. The van der Waals surface area contributed by atoms with Crippen LogP contribution in [0.5, 0.6) is 0 Å². The first-order valence-corrected chi connectivity index (χ1v) is 13.8. The van der Waals surface area contributed by atoms with E-state index in [9.17, 15) is 4.79 Å². The number of hydrogen-bond donors (Lipinski definition) is 0. The Morgan fingerprint density at radius 2 is 1.88 bits per heavy atom. The Bertz CT molecular complexity index is 910. The molecule has 0 aromatic rings. The highest BCUT2D eigenvalue weighted by Gasteiger charge is 2.65. The van der Waals surface area contributed by atoms with Crippen molar-refractivity contribution in [1.29, 1.82) is 0 Å². The lowest BCUT2D eigenvalue weighted by molar-refractivity contribution is -0.163. The zero-order valence-corrected chi connectivity index (χ0v) is 22.0. The molecule has 0 aromatic heterocycles. The number of carbonyl (C=O) groups is 1. The van der Waals surface area contributed by atoms with Crippen LogP contribution in [0.4, 0.5) is 0 Å². The minimum absolute atomic E-state index is 0.149. The van der Waals surface area contributed by atoms with Crippen molar-refractivity contribution in [3.05, 3.63) is 35.6 Å². The third-order valence-corrected chi connectivity index (χ3v) is 12.1. The van der Waals surface area contributed by atoms with Gasteiger partial charge in [0.25, 0.3) is 0 Å². The lowest BCUT2D eigenvalue weighted by atomic mass is 9.41. The molecule has 3 saturated carbocycles. The van der Waals surface area contributed by atoms with Crippen LogP contribution in [-0.4, -0.2) is 11.9 Å². The minimum atomic E-state index is -0.168. The van der Waals surface area contributed by atoms with E-state index in [0.717, 1.165) is 30.9 Å². The van der Waals surface area contributed by atoms with E-state index in [2.05, 4.69) is 54.2 Å². The fraction of sp³-hybridized carbons (Fsp3) is 0.774. The summed E-state index contributed by atoms with van der Waals surface area (Å²) in [4.78, 5) is 13.4. The van der Waals surface area contributed by atoms with Gasteiger partial charge in [0.1, 0.15) is 11.9 Å². The van der Waals surface area contributed by atoms with Crippen molar-refractivity contribution < 1.29 is 9.53 Å². The Kier molecular flexibility index (Phi) is 5.58. The molecule has 2 heteroatoms. The molecule has 1 aliphatic heterocycles. The predicted octanol–water partition coefficient (Wildman–Crippen LogP) is 8.05. The molecule has 5 unspecified atom stereocenters. The van der Waals surface area contributed by atoms with Crippen molar-refractivity contribution in [2.75, 3.05) is 0 Å². The second-order valence-corrected chi connectivity index (χ2v) is 13.1. The fourth-order valence-electron chi connectivity index (χ4n) is 9.91. The molecule has 0 spiro atoms. The summed E-state index contributed by atoms with van der Waals surface area (Å²) in [6.45, 7) is 18.6. The van der Waals surface area contributed by atoms with Gasteiger partial charge in [0, 0.05) is 11.8 Å². The van der Waals surface area contributed by atoms with Gasteiger partial charge in [0.05, 0.1) is 0 Å². The molecule has 5 rings (SSSR count). The average Bonchev–Trinajstić information content (AvgIpc) is 3.12. The van der Waals surface area contributed by atoms with Crippen molar-refractivity contribution >= 4 is 5.78 Å². The van der Waals surface area contributed by atoms with Crippen LogP contribution in [0.15, 0.2) is 35.6 Å². The van der Waals surface area contributed by atoms with Crippen LogP contribution in [0, 0.1) is 45.8 Å². The van der Waals surface area contributed by atoms with E-state index < -0.39 is 0 Å². The Morgan fingerprint density at radius 3 is 2.58 bits per heavy atom. The normalized spacial score (nSPS) is 48.1. The quantitative estimate of drug-likeness (QED) is 0.435. The van der Waals surface area contributed by atoms with Crippen LogP contribution in [0.1, 0.15) is 99.3 Å². The van der Waals surface area contributed by atoms with Crippen LogP contribution < -0.4 is 0 Å². The molecule has 4 aliphatic carbocycles. The molecule has 9 atom stereocenters. The van der Waals surface area contributed by atoms with Gasteiger partial charge in [-0.3, -0.25) is 4.79 Å². The maximum atomic E-state index is 13.4. The smallest absolute Gasteiger partial charge is 0.162 e. The summed E-state index contributed by atoms with van der Waals surface area (Å²) in [5, 5.41) is 0. The molecule has 0 bridgehead atoms. The Labute approximate surface area is 202 Å². The van der Waals surface area contributed by atoms with Crippen LogP contribution in [-0.2, 0) is 9.53 Å². The van der Waals surface area contributed by atoms with Gasteiger partial charge in [-0.2, -0.15) is 0 Å². The monoisotopic (exact) mass is 450 g/mol. The second kappa shape index (κ2) is 7.85. The van der Waals surface area contributed by atoms with Gasteiger partial charge in [-0.15, -0.1) is 0 Å². The number of fused-ring (bicyclic) bond motifs is 5. The van der Waals surface area contributed by atoms with Crippen molar-refractivity contribution in [3.63, 3.8) is 0 Å². The molecule has 33 heavy (non-hydrogen) atoms. The average molecular weight is 451 g/mol. The summed E-state index contributed by atoms with van der Waals surface area (Å²) >= 11 is 0. The summed E-state index contributed by atoms with van der Waals surface area (Å²) in [5.74, 6) is 4.63. The van der Waals surface area contributed by atoms with Crippen LogP contribution >= 0.6 is 0 Å². The zero-order valence-electron chi connectivity index (χ0n) is 22.0. The maximum Gasteiger partial charge on any atom is 0.162 e. The molecule has 3 fully saturated rings. The highest BCUT2D eigenvalue weighted by molar-refractivity contribution is 5.96. The van der Waals surface area contributed by atoms with Gasteiger partial charge < -0.3 is 4.74 Å². The standard InChI is InChI=1S/C31H46O2/c1-8-22-19(2)18-27(33-21(22)4)20(3)24-11-12-25-23-13-16-29(5)15-9-10-28(32)31(29,7)26(23)14-17-30(24,25)6/h9-10,20,23-27H,4,8,11-18H2,1-3,5-7H3/t20-,23?,24?,25?,26?,27?,29+,30+,31-/m0/s1. The summed E-state index contributed by atoms with van der Waals surface area (Å²) < 4.78 is 6.48. The van der Waals surface area contributed by atoms with E-state index >= 15 is 0 Å². The largest absolute Gasteiger partial charge is 0.490 e. The summed E-state index contributed by atoms with van der Waals surface area (Å²) in [6.07, 6.45) is 15.2. The summed E-state index contributed by atoms with van der Waals surface area (Å²) in [7, 11) is 0. The number of carbonyl (C=O) groups excluding carboxylic acids is 1. The third-order valence-electron chi connectivity index (χ3n) is 12.1. The molecule has 2 nitrogen and oxygen atoms in total. The Hall–Kier alpha value is -1.31. The molecule has 0 radical (unpaired) electrons. The number of hydrogen-bond acceptors (Lipinski definition) is 2. The number of ketones is 1. The fourth-order valence-corrected chi connectivity index (χ4v) is 9.91. The van der Waals surface area contributed by atoms with Gasteiger partial charge in [0.2, 0.25) is 0 Å². The number of rotatable bonds is 3. The van der Waals surface area contributed by atoms with E-state index in [0.29, 0.717) is 34.9 Å². The van der Waals surface area contributed by atoms with Gasteiger partial charge in [0.15, 0.2) is 5.78 Å². The molecule has 0 amide bonds. The lowest BCUT2D eigenvalue weighted by Gasteiger charge is -2.63. The first kappa shape index (κ1) is 23.4. The highest BCUT2D eigenvalue weighted by atomic mass is 16.5. The van der Waals surface area contributed by atoms with E-state index in [4.69, 9.17) is 4.74 Å². The van der Waals surface area contributed by atoms with E-state index in [1.54, 1.807) is 0 Å². The molecular weight excluding hydrogens is 404 g/mol. The molecule has 182 valence electrons. The Balaban J connectivity index is 1.39. The molecule has 1 heterocycles. The predicted molar refractivity (Wildman–Crippen MR) is 136 cm³/mol. The maximum absolute atomic E-state index is 13.4. The number of ether oxygens (including phenoxy) is 1. The number of allylic oxidation sites excluding steroid dienone is 3. The molecule has 0 N–H and O–H groups in total. The van der Waals surface area contributed by atoms with Crippen LogP contribution in [0.3, 0.4) is 0 Å². The summed E-state index contributed by atoms with van der Waals surface area (Å²) in [5.41, 5.74) is 3.18. The molecular formula is C31H46O2. The van der Waals surface area contributed by atoms with Crippen molar-refractivity contribution in [2.24, 2.45) is 45.8 Å². The SMILES string of the molecule is C=C1OC([C@@H](C)C2CCC3C4CC[C@@]5(C)CC=CC(=O)[C@]5(C)C4CC[C@@]32C)CC(C)=C1CC. The van der Waals surface area contributed by atoms with Crippen molar-refractivity contribution in [3.8, 4) is 0 Å². The second-order valence-electron chi connectivity index (χ2n) is 13.1. The highest BCUT2D eigenvalue weighted by Crippen LogP contribution is 2.70. The van der Waals surface area contributed by atoms with Gasteiger partial charge in [-0.05, 0) is 110 Å². The van der Waals surface area contributed by atoms with Crippen LogP contribution in [0.25, 0.3) is 0 Å². The van der Waals surface area contributed by atoms with Crippen molar-refractivity contribution in [2.45, 2.75) is 105 Å². The first-order chi connectivity index (χ1) is 15.6. The third kappa shape index (κ3) is 3.14. The lowest BCUT2D eigenvalue weighted by Crippen LogP contribution is -2.59. The minimum Gasteiger partial charge on any atom is -0.490 e. The van der Waals surface area contributed by atoms with E-state index in [1.165, 1.54) is 49.7 Å². The Morgan fingerprint density at radius 1 is 1.12 bits per heavy atom. The van der Waals surface area contributed by atoms with Gasteiger partial charge in [-0.1, -0.05) is 52.8 Å². The van der Waals surface area contributed by atoms with E-state index in [1.807, 2.05) is 6.08 Å². The molecule has 0 aromatic carbocycles. The van der Waals surface area contributed by atoms with Crippen LogP contribution in [0.2, 0.25) is 0 Å². The topological polar surface area (TPSA) is 26.3 Å². The zero-order chi connectivity index (χ0) is 23.8. The molecule has 0 saturated heterocycles. The first-order valence-electron chi connectivity index (χ1n) is 13.8. The molecule has 5 aliphatic rings. The van der Waals surface area contributed by atoms with Gasteiger partial charge in [-0.25, -0.2) is 0 Å². The van der Waals surface area contributed by atoms with E-state index in [-0.39, 0.29) is 16.9 Å². The van der Waals surface area contributed by atoms with Crippen molar-refractivity contribution in [1.82, 2.24) is 0 Å².